The van der Waals surface area contributed by atoms with Crippen LogP contribution in [0, 0.1) is 0 Å². The Labute approximate surface area is 97.4 Å². The molecule has 0 radical (unpaired) electrons. The van der Waals surface area contributed by atoms with Gasteiger partial charge in [-0.3, -0.25) is 4.79 Å². The maximum Gasteiger partial charge on any atom is 0.265 e. The first-order valence-electron chi connectivity index (χ1n) is 5.39. The molecule has 1 N–H and O–H groups in total. The molecule has 3 nitrogen and oxygen atoms in total. The first-order chi connectivity index (χ1) is 7.09. The van der Waals surface area contributed by atoms with E-state index in [1.54, 1.807) is 0 Å². The molecule has 1 saturated carbocycles. The van der Waals surface area contributed by atoms with E-state index in [4.69, 9.17) is 0 Å². The highest BCUT2D eigenvalue weighted by Crippen LogP contribution is 2.34. The first-order valence-corrected chi connectivity index (χ1v) is 6.18. The van der Waals surface area contributed by atoms with Crippen molar-refractivity contribution in [2.75, 3.05) is 0 Å². The highest BCUT2D eigenvalue weighted by atomic mass is 79.9. The Balaban J connectivity index is 2.45. The second kappa shape index (κ2) is 4.08. The Morgan fingerprint density at radius 1 is 1.47 bits per heavy atom. The summed E-state index contributed by atoms with van der Waals surface area (Å²) in [5, 5.41) is 0. The van der Waals surface area contributed by atoms with Crippen molar-refractivity contribution in [3.8, 4) is 0 Å². The van der Waals surface area contributed by atoms with E-state index in [1.807, 2.05) is 0 Å². The van der Waals surface area contributed by atoms with Gasteiger partial charge in [0.05, 0.1) is 5.69 Å². The predicted octanol–water partition coefficient (Wildman–Crippen LogP) is 2.92. The molecular weight excluding hydrogens is 256 g/mol. The number of nitrogens with one attached hydrogen (secondary N) is 1. The molecule has 1 fully saturated rings. The van der Waals surface area contributed by atoms with E-state index in [1.165, 1.54) is 6.42 Å². The van der Waals surface area contributed by atoms with Crippen LogP contribution >= 0.6 is 15.9 Å². The third-order valence-electron chi connectivity index (χ3n) is 2.95. The lowest BCUT2D eigenvalue weighted by Gasteiger charge is -2.25. The molecule has 0 spiro atoms. The van der Waals surface area contributed by atoms with Crippen molar-refractivity contribution < 1.29 is 0 Å². The van der Waals surface area contributed by atoms with Crippen LogP contribution < -0.4 is 5.56 Å². The summed E-state index contributed by atoms with van der Waals surface area (Å²) < 4.78 is 0.584. The number of rotatable bonds is 2. The number of aromatic nitrogens is 2. The summed E-state index contributed by atoms with van der Waals surface area (Å²) in [6.45, 7) is 4.11. The van der Waals surface area contributed by atoms with E-state index in [9.17, 15) is 4.79 Å². The van der Waals surface area contributed by atoms with Crippen LogP contribution in [0.4, 0.5) is 0 Å². The molecule has 0 amide bonds. The number of aromatic amines is 1. The smallest absolute Gasteiger partial charge is 0.265 e. The molecule has 0 unspecified atom stereocenters. The summed E-state index contributed by atoms with van der Waals surface area (Å²) in [6, 6.07) is 0. The molecule has 0 aromatic carbocycles. The third kappa shape index (κ3) is 2.00. The van der Waals surface area contributed by atoms with Gasteiger partial charge >= 0.3 is 0 Å². The fourth-order valence-electron chi connectivity index (χ4n) is 1.75. The summed E-state index contributed by atoms with van der Waals surface area (Å²) in [7, 11) is 0. The molecule has 1 heterocycles. The standard InChI is InChI=1S/C11H15BrN2O/c1-6(2)9-8(12)11(15)14-10(13-9)7-4-3-5-7/h6-7H,3-5H2,1-2H3,(H,13,14,15). The summed E-state index contributed by atoms with van der Waals surface area (Å²) in [5.41, 5.74) is 0.830. The van der Waals surface area contributed by atoms with Crippen LogP contribution in [0.2, 0.25) is 0 Å². The number of H-pyrrole nitrogens is 1. The molecule has 4 heteroatoms. The van der Waals surface area contributed by atoms with E-state index in [2.05, 4.69) is 39.7 Å². The molecule has 0 saturated heterocycles. The van der Waals surface area contributed by atoms with Crippen molar-refractivity contribution in [3.63, 3.8) is 0 Å². The molecule has 1 aromatic rings. The minimum Gasteiger partial charge on any atom is -0.309 e. The zero-order valence-electron chi connectivity index (χ0n) is 9.01. The maximum atomic E-state index is 11.7. The fourth-order valence-corrected chi connectivity index (χ4v) is 2.40. The van der Waals surface area contributed by atoms with Gasteiger partial charge in [0, 0.05) is 5.92 Å². The number of hydrogen-bond donors (Lipinski definition) is 1. The molecule has 2 rings (SSSR count). The van der Waals surface area contributed by atoms with Crippen molar-refractivity contribution >= 4 is 15.9 Å². The van der Waals surface area contributed by atoms with Crippen LogP contribution in [0.25, 0.3) is 0 Å². The largest absolute Gasteiger partial charge is 0.309 e. The van der Waals surface area contributed by atoms with E-state index >= 15 is 0 Å². The molecular formula is C11H15BrN2O. The van der Waals surface area contributed by atoms with Crippen LogP contribution in [0.1, 0.15) is 56.5 Å². The van der Waals surface area contributed by atoms with E-state index in [0.717, 1.165) is 24.4 Å². The molecule has 0 aliphatic heterocycles. The van der Waals surface area contributed by atoms with Crippen molar-refractivity contribution in [1.82, 2.24) is 9.97 Å². The molecule has 1 aliphatic carbocycles. The summed E-state index contributed by atoms with van der Waals surface area (Å²) in [5.74, 6) is 1.63. The van der Waals surface area contributed by atoms with Gasteiger partial charge in [0.1, 0.15) is 10.3 Å². The van der Waals surface area contributed by atoms with Gasteiger partial charge in [-0.2, -0.15) is 0 Å². The van der Waals surface area contributed by atoms with Gasteiger partial charge in [-0.1, -0.05) is 20.3 Å². The Morgan fingerprint density at radius 2 is 2.13 bits per heavy atom. The topological polar surface area (TPSA) is 45.8 Å². The average molecular weight is 271 g/mol. The Bertz CT molecular complexity index is 421. The zero-order chi connectivity index (χ0) is 11.0. The quantitative estimate of drug-likeness (QED) is 0.898. The van der Waals surface area contributed by atoms with Crippen LogP contribution in [0.15, 0.2) is 9.27 Å². The van der Waals surface area contributed by atoms with Gasteiger partial charge in [-0.05, 0) is 34.7 Å². The van der Waals surface area contributed by atoms with E-state index in [-0.39, 0.29) is 11.5 Å². The fraction of sp³-hybridized carbons (Fsp3) is 0.636. The van der Waals surface area contributed by atoms with Crippen LogP contribution in [-0.4, -0.2) is 9.97 Å². The molecule has 82 valence electrons. The van der Waals surface area contributed by atoms with Gasteiger partial charge in [-0.15, -0.1) is 0 Å². The Kier molecular flexibility index (Phi) is 2.96. The lowest BCUT2D eigenvalue weighted by molar-refractivity contribution is 0.398. The van der Waals surface area contributed by atoms with Crippen LogP contribution in [-0.2, 0) is 0 Å². The molecule has 0 bridgehead atoms. The lowest BCUT2D eigenvalue weighted by atomic mass is 9.85. The molecule has 1 aliphatic rings. The van der Waals surface area contributed by atoms with Gasteiger partial charge in [0.2, 0.25) is 0 Å². The van der Waals surface area contributed by atoms with Crippen molar-refractivity contribution in [3.05, 3.63) is 26.3 Å². The van der Waals surface area contributed by atoms with Crippen molar-refractivity contribution in [1.29, 1.82) is 0 Å². The highest BCUT2D eigenvalue weighted by Gasteiger charge is 2.23. The second-order valence-corrected chi connectivity index (χ2v) is 5.23. The van der Waals surface area contributed by atoms with Crippen LogP contribution in [0.3, 0.4) is 0 Å². The lowest BCUT2D eigenvalue weighted by Crippen LogP contribution is -2.21. The number of nitrogens with zero attached hydrogens (tertiary/aromatic N) is 1. The Hall–Kier alpha value is -0.640. The first kappa shape index (κ1) is 10.9. The SMILES string of the molecule is CC(C)c1nc(C2CCC2)[nH]c(=O)c1Br. The highest BCUT2D eigenvalue weighted by molar-refractivity contribution is 9.10. The van der Waals surface area contributed by atoms with E-state index in [0.29, 0.717) is 10.4 Å². The minimum atomic E-state index is -0.0457. The van der Waals surface area contributed by atoms with Gasteiger partial charge in [-0.25, -0.2) is 4.98 Å². The molecule has 15 heavy (non-hydrogen) atoms. The summed E-state index contributed by atoms with van der Waals surface area (Å²) in [4.78, 5) is 19.1. The average Bonchev–Trinajstić information content (AvgIpc) is 2.07. The van der Waals surface area contributed by atoms with Gasteiger partial charge < -0.3 is 4.98 Å². The second-order valence-electron chi connectivity index (χ2n) is 4.43. The monoisotopic (exact) mass is 270 g/mol. The third-order valence-corrected chi connectivity index (χ3v) is 3.71. The van der Waals surface area contributed by atoms with Gasteiger partial charge in [0.25, 0.3) is 5.56 Å². The van der Waals surface area contributed by atoms with E-state index < -0.39 is 0 Å². The van der Waals surface area contributed by atoms with Crippen molar-refractivity contribution in [2.45, 2.75) is 44.9 Å². The Morgan fingerprint density at radius 3 is 2.60 bits per heavy atom. The van der Waals surface area contributed by atoms with Gasteiger partial charge in [0.15, 0.2) is 0 Å². The van der Waals surface area contributed by atoms with Crippen LogP contribution in [0.5, 0.6) is 0 Å². The molecule has 1 aromatic heterocycles. The zero-order valence-corrected chi connectivity index (χ0v) is 10.6. The minimum absolute atomic E-state index is 0.0457. The summed E-state index contributed by atoms with van der Waals surface area (Å²) >= 11 is 3.30. The molecule has 0 atom stereocenters. The van der Waals surface area contributed by atoms with Crippen molar-refractivity contribution in [2.24, 2.45) is 0 Å². The number of halogens is 1. The normalized spacial score (nSPS) is 16.8. The number of hydrogen-bond acceptors (Lipinski definition) is 2. The summed E-state index contributed by atoms with van der Waals surface area (Å²) in [6.07, 6.45) is 3.56. The predicted molar refractivity (Wildman–Crippen MR) is 63.2 cm³/mol. The maximum absolute atomic E-state index is 11.7.